The van der Waals surface area contributed by atoms with Crippen LogP contribution in [0.15, 0.2) is 47.4 Å². The van der Waals surface area contributed by atoms with Crippen LogP contribution in [0.4, 0.5) is 5.69 Å². The Kier molecular flexibility index (Phi) is 8.49. The number of carbonyl (C=O) groups excluding carboxylic acids is 1. The zero-order valence-electron chi connectivity index (χ0n) is 16.9. The third-order valence-electron chi connectivity index (χ3n) is 4.38. The Morgan fingerprint density at radius 2 is 1.83 bits per heavy atom. The molecule has 0 bridgehead atoms. The third-order valence-corrected chi connectivity index (χ3v) is 6.69. The monoisotopic (exact) mass is 438 g/mol. The molecule has 6 nitrogen and oxygen atoms in total. The van der Waals surface area contributed by atoms with E-state index in [1.807, 2.05) is 18.2 Å². The number of amides is 1. The second-order valence-corrected chi connectivity index (χ2v) is 8.70. The summed E-state index contributed by atoms with van der Waals surface area (Å²) in [4.78, 5) is 12.4. The van der Waals surface area contributed by atoms with Crippen molar-refractivity contribution in [3.05, 3.63) is 53.1 Å². The Hall–Kier alpha value is -2.09. The highest BCUT2D eigenvalue weighted by atomic mass is 35.5. The van der Waals surface area contributed by atoms with Gasteiger partial charge in [0.2, 0.25) is 15.9 Å². The maximum Gasteiger partial charge on any atom is 0.246 e. The molecule has 0 fully saturated rings. The van der Waals surface area contributed by atoms with E-state index in [-0.39, 0.29) is 23.0 Å². The first-order chi connectivity index (χ1) is 13.8. The van der Waals surface area contributed by atoms with Crippen molar-refractivity contribution in [3.63, 3.8) is 0 Å². The second-order valence-electron chi connectivity index (χ2n) is 6.36. The zero-order valence-corrected chi connectivity index (χ0v) is 18.5. The molecule has 8 heteroatoms. The normalized spacial score (nSPS) is 11.5. The fourth-order valence-corrected chi connectivity index (χ4v) is 4.77. The van der Waals surface area contributed by atoms with E-state index in [0.29, 0.717) is 36.8 Å². The van der Waals surface area contributed by atoms with Crippen molar-refractivity contribution in [2.24, 2.45) is 0 Å². The van der Waals surface area contributed by atoms with E-state index in [9.17, 15) is 13.2 Å². The minimum atomic E-state index is -3.73. The third kappa shape index (κ3) is 6.19. The molecule has 29 heavy (non-hydrogen) atoms. The van der Waals surface area contributed by atoms with Gasteiger partial charge in [0.1, 0.15) is 10.6 Å². The van der Waals surface area contributed by atoms with E-state index >= 15 is 0 Å². The number of anilines is 1. The number of aryl methyl sites for hydroxylation is 1. The standard InChI is InChI=1S/C21H27ClN2O4S/c1-4-24(5-2)29(26,27)20-15-18(11-12-19(20)28-6-3)23-21(25)13-10-16-8-7-9-17(22)14-16/h7-9,11-12,14-15H,4-6,10,13H2,1-3H3,(H,23,25). The summed E-state index contributed by atoms with van der Waals surface area (Å²) < 4.78 is 32.8. The average molecular weight is 439 g/mol. The van der Waals surface area contributed by atoms with Crippen molar-refractivity contribution in [2.45, 2.75) is 38.5 Å². The number of carbonyl (C=O) groups is 1. The number of hydrogen-bond donors (Lipinski definition) is 1. The van der Waals surface area contributed by atoms with Crippen molar-refractivity contribution in [1.29, 1.82) is 0 Å². The number of benzene rings is 2. The van der Waals surface area contributed by atoms with E-state index in [2.05, 4.69) is 5.32 Å². The predicted molar refractivity (Wildman–Crippen MR) is 116 cm³/mol. The van der Waals surface area contributed by atoms with Gasteiger partial charge in [-0.3, -0.25) is 4.79 Å². The Morgan fingerprint density at radius 3 is 2.45 bits per heavy atom. The van der Waals surface area contributed by atoms with E-state index < -0.39 is 10.0 Å². The molecular weight excluding hydrogens is 412 g/mol. The lowest BCUT2D eigenvalue weighted by Crippen LogP contribution is -2.31. The van der Waals surface area contributed by atoms with Crippen LogP contribution in [0.3, 0.4) is 0 Å². The number of nitrogens with zero attached hydrogens (tertiary/aromatic N) is 1. The van der Waals surface area contributed by atoms with E-state index in [1.165, 1.54) is 10.4 Å². The van der Waals surface area contributed by atoms with Crippen molar-refractivity contribution in [2.75, 3.05) is 25.0 Å². The summed E-state index contributed by atoms with van der Waals surface area (Å²) in [6.45, 7) is 6.39. The summed E-state index contributed by atoms with van der Waals surface area (Å²) in [5.41, 5.74) is 1.37. The molecule has 0 aliphatic heterocycles. The first-order valence-electron chi connectivity index (χ1n) is 9.63. The quantitative estimate of drug-likeness (QED) is 0.598. The van der Waals surface area contributed by atoms with Gasteiger partial charge in [-0.1, -0.05) is 37.6 Å². The molecule has 0 saturated carbocycles. The van der Waals surface area contributed by atoms with Crippen molar-refractivity contribution in [1.82, 2.24) is 4.31 Å². The smallest absolute Gasteiger partial charge is 0.246 e. The Morgan fingerprint density at radius 1 is 1.10 bits per heavy atom. The fourth-order valence-electron chi connectivity index (χ4n) is 2.94. The topological polar surface area (TPSA) is 75.7 Å². The molecule has 0 saturated heterocycles. The molecule has 0 aliphatic carbocycles. The molecule has 0 spiro atoms. The minimum Gasteiger partial charge on any atom is -0.492 e. The number of nitrogens with one attached hydrogen (secondary N) is 1. The number of sulfonamides is 1. The Balaban J connectivity index is 2.20. The number of halogens is 1. The summed E-state index contributed by atoms with van der Waals surface area (Å²) in [6.07, 6.45) is 0.791. The SMILES string of the molecule is CCOc1ccc(NC(=O)CCc2cccc(Cl)c2)cc1S(=O)(=O)N(CC)CC. The molecule has 158 valence electrons. The van der Waals surface area contributed by atoms with Gasteiger partial charge in [-0.25, -0.2) is 8.42 Å². The molecule has 0 radical (unpaired) electrons. The van der Waals surface area contributed by atoms with Gasteiger partial charge in [0.25, 0.3) is 0 Å². The van der Waals surface area contributed by atoms with Crippen molar-refractivity contribution < 1.29 is 17.9 Å². The molecule has 0 unspecified atom stereocenters. The molecular formula is C21H27ClN2O4S. The zero-order chi connectivity index (χ0) is 21.4. The van der Waals surface area contributed by atoms with Gasteiger partial charge in [0.05, 0.1) is 6.61 Å². The van der Waals surface area contributed by atoms with Gasteiger partial charge in [-0.2, -0.15) is 4.31 Å². The van der Waals surface area contributed by atoms with Gasteiger partial charge < -0.3 is 10.1 Å². The van der Waals surface area contributed by atoms with E-state index in [1.54, 1.807) is 39.0 Å². The van der Waals surface area contributed by atoms with Crippen LogP contribution >= 0.6 is 11.6 Å². The lowest BCUT2D eigenvalue weighted by Gasteiger charge is -2.21. The average Bonchev–Trinajstić information content (AvgIpc) is 2.68. The van der Waals surface area contributed by atoms with E-state index in [0.717, 1.165) is 5.56 Å². The summed E-state index contributed by atoms with van der Waals surface area (Å²) in [6, 6.07) is 12.0. The maximum absolute atomic E-state index is 13.0. The van der Waals surface area contributed by atoms with Crippen LogP contribution in [0.2, 0.25) is 5.02 Å². The van der Waals surface area contributed by atoms with Crippen LogP contribution in [0.5, 0.6) is 5.75 Å². The van der Waals surface area contributed by atoms with Crippen LogP contribution in [-0.4, -0.2) is 38.3 Å². The van der Waals surface area contributed by atoms with Gasteiger partial charge in [-0.15, -0.1) is 0 Å². The molecule has 2 rings (SSSR count). The molecule has 1 amide bonds. The number of rotatable bonds is 10. The highest BCUT2D eigenvalue weighted by molar-refractivity contribution is 7.89. The van der Waals surface area contributed by atoms with Gasteiger partial charge in [0.15, 0.2) is 0 Å². The highest BCUT2D eigenvalue weighted by Gasteiger charge is 2.26. The van der Waals surface area contributed by atoms with Gasteiger partial charge in [-0.05, 0) is 49.2 Å². The van der Waals surface area contributed by atoms with Crippen LogP contribution in [0, 0.1) is 0 Å². The van der Waals surface area contributed by atoms with Crippen LogP contribution in [0.25, 0.3) is 0 Å². The summed E-state index contributed by atoms with van der Waals surface area (Å²) in [5.74, 6) is 0.0663. The summed E-state index contributed by atoms with van der Waals surface area (Å²) in [7, 11) is -3.73. The van der Waals surface area contributed by atoms with E-state index in [4.69, 9.17) is 16.3 Å². The lowest BCUT2D eigenvalue weighted by molar-refractivity contribution is -0.116. The molecule has 1 N–H and O–H groups in total. The highest BCUT2D eigenvalue weighted by Crippen LogP contribution is 2.30. The molecule has 0 atom stereocenters. The number of hydrogen-bond acceptors (Lipinski definition) is 4. The largest absolute Gasteiger partial charge is 0.492 e. The molecule has 2 aromatic rings. The molecule has 0 heterocycles. The summed E-state index contributed by atoms with van der Waals surface area (Å²) >= 11 is 5.97. The van der Waals surface area contributed by atoms with Crippen LogP contribution in [-0.2, 0) is 21.2 Å². The van der Waals surface area contributed by atoms with Gasteiger partial charge >= 0.3 is 0 Å². The first kappa shape index (κ1) is 23.2. The summed E-state index contributed by atoms with van der Waals surface area (Å²) in [5, 5.41) is 3.40. The fraction of sp³-hybridized carbons (Fsp3) is 0.381. The lowest BCUT2D eigenvalue weighted by atomic mass is 10.1. The second kappa shape index (κ2) is 10.6. The Labute approximate surface area is 177 Å². The van der Waals surface area contributed by atoms with Gasteiger partial charge in [0, 0.05) is 30.2 Å². The Bertz CT molecular complexity index is 943. The minimum absolute atomic E-state index is 0.0516. The van der Waals surface area contributed by atoms with Crippen LogP contribution < -0.4 is 10.1 Å². The van der Waals surface area contributed by atoms with Crippen molar-refractivity contribution >= 4 is 33.2 Å². The van der Waals surface area contributed by atoms with Crippen LogP contribution in [0.1, 0.15) is 32.8 Å². The maximum atomic E-state index is 13.0. The molecule has 2 aromatic carbocycles. The predicted octanol–water partition coefficient (Wildman–Crippen LogP) is 4.34. The molecule has 0 aliphatic rings. The molecule has 0 aromatic heterocycles. The number of ether oxygens (including phenoxy) is 1. The van der Waals surface area contributed by atoms with Crippen molar-refractivity contribution in [3.8, 4) is 5.75 Å². The first-order valence-corrected chi connectivity index (χ1v) is 11.4.